The van der Waals surface area contributed by atoms with E-state index in [1.807, 2.05) is 43.3 Å². The molecule has 2 aliphatic rings. The lowest BCUT2D eigenvalue weighted by Crippen LogP contribution is -2.44. The molecule has 4 aromatic rings. The molecule has 212 valence electrons. The first kappa shape index (κ1) is 26.8. The van der Waals surface area contributed by atoms with Gasteiger partial charge in [-0.1, -0.05) is 24.3 Å². The van der Waals surface area contributed by atoms with Gasteiger partial charge in [0.25, 0.3) is 0 Å². The van der Waals surface area contributed by atoms with Gasteiger partial charge < -0.3 is 20.1 Å². The van der Waals surface area contributed by atoms with Crippen LogP contribution in [0.4, 0.5) is 16.4 Å². The molecule has 4 heterocycles. The number of benzene rings is 2. The number of likely N-dealkylation sites (tertiary alicyclic amines) is 1. The summed E-state index contributed by atoms with van der Waals surface area (Å²) in [5.41, 5.74) is 2.77. The molecule has 0 spiro atoms. The number of sulfonamides is 1. The number of anilines is 2. The average molecular weight is 575 g/mol. The molecule has 2 aromatic heterocycles. The molecular formula is C29H30N6O5S. The Labute approximate surface area is 237 Å². The summed E-state index contributed by atoms with van der Waals surface area (Å²) in [5, 5.41) is 14.2. The van der Waals surface area contributed by atoms with Crippen LogP contribution in [-0.2, 0) is 10.0 Å². The van der Waals surface area contributed by atoms with Gasteiger partial charge in [-0.2, -0.15) is 0 Å². The van der Waals surface area contributed by atoms with Crippen LogP contribution in [0.1, 0.15) is 24.8 Å². The fourth-order valence-corrected chi connectivity index (χ4v) is 7.06. The van der Waals surface area contributed by atoms with E-state index in [0.717, 1.165) is 29.2 Å². The zero-order chi connectivity index (χ0) is 28.6. The minimum atomic E-state index is -3.35. The molecular weight excluding hydrogens is 544 g/mol. The number of carbonyl (C=O) groups is 1. The van der Waals surface area contributed by atoms with Gasteiger partial charge in [-0.15, -0.1) is 0 Å². The largest absolute Gasteiger partial charge is 0.465 e. The van der Waals surface area contributed by atoms with Gasteiger partial charge in [-0.3, -0.25) is 4.31 Å². The van der Waals surface area contributed by atoms with Crippen LogP contribution in [0.15, 0.2) is 60.9 Å². The van der Waals surface area contributed by atoms with Crippen molar-refractivity contribution in [1.82, 2.24) is 19.9 Å². The number of pyridine rings is 1. The van der Waals surface area contributed by atoms with Gasteiger partial charge in [0.15, 0.2) is 0 Å². The maximum Gasteiger partial charge on any atom is 0.407 e. The predicted octanol–water partition coefficient (Wildman–Crippen LogP) is 4.89. The second-order valence-electron chi connectivity index (χ2n) is 10.3. The molecule has 2 N–H and O–H groups in total. The zero-order valence-corrected chi connectivity index (χ0v) is 23.3. The van der Waals surface area contributed by atoms with Crippen molar-refractivity contribution in [3.05, 3.63) is 66.5 Å². The fraction of sp³-hybridized carbons (Fsp3) is 0.310. The molecule has 1 atom stereocenters. The van der Waals surface area contributed by atoms with Gasteiger partial charge in [0.05, 0.1) is 22.7 Å². The van der Waals surface area contributed by atoms with Crippen molar-refractivity contribution in [1.29, 1.82) is 0 Å². The highest BCUT2D eigenvalue weighted by molar-refractivity contribution is 7.93. The van der Waals surface area contributed by atoms with E-state index in [4.69, 9.17) is 9.72 Å². The third kappa shape index (κ3) is 5.34. The Morgan fingerprint density at radius 3 is 2.71 bits per heavy atom. The molecule has 41 heavy (non-hydrogen) atoms. The predicted molar refractivity (Wildman–Crippen MR) is 156 cm³/mol. The molecule has 0 bridgehead atoms. The number of ether oxygens (including phenoxy) is 1. The van der Waals surface area contributed by atoms with Crippen LogP contribution in [0.5, 0.6) is 11.6 Å². The second-order valence-corrected chi connectivity index (χ2v) is 12.3. The van der Waals surface area contributed by atoms with E-state index in [-0.39, 0.29) is 11.8 Å². The first-order valence-electron chi connectivity index (χ1n) is 13.5. The number of nitrogens with zero attached hydrogens (tertiary/aromatic N) is 5. The van der Waals surface area contributed by atoms with Crippen molar-refractivity contribution in [3.8, 4) is 22.9 Å². The Morgan fingerprint density at radius 1 is 1.02 bits per heavy atom. The van der Waals surface area contributed by atoms with Crippen LogP contribution in [0.2, 0.25) is 0 Å². The second kappa shape index (κ2) is 10.8. The number of amides is 1. The molecule has 12 heteroatoms. The maximum atomic E-state index is 12.7. The van der Waals surface area contributed by atoms with E-state index in [9.17, 15) is 18.3 Å². The summed E-state index contributed by atoms with van der Waals surface area (Å²) in [6.45, 7) is 3.28. The Kier molecular flexibility index (Phi) is 7.08. The molecule has 0 radical (unpaired) electrons. The molecule has 2 aliphatic heterocycles. The number of rotatable bonds is 6. The van der Waals surface area contributed by atoms with E-state index in [1.165, 1.54) is 9.21 Å². The first-order valence-corrected chi connectivity index (χ1v) is 15.1. The van der Waals surface area contributed by atoms with E-state index in [0.29, 0.717) is 60.6 Å². The Bertz CT molecular complexity index is 1730. The minimum absolute atomic E-state index is 0.0910. The van der Waals surface area contributed by atoms with Crippen LogP contribution in [-0.4, -0.2) is 70.9 Å². The van der Waals surface area contributed by atoms with Crippen molar-refractivity contribution in [3.63, 3.8) is 0 Å². The summed E-state index contributed by atoms with van der Waals surface area (Å²) in [6, 6.07) is 14.8. The highest BCUT2D eigenvalue weighted by Gasteiger charge is 2.30. The van der Waals surface area contributed by atoms with Crippen molar-refractivity contribution >= 4 is 38.5 Å². The quantitative estimate of drug-likeness (QED) is 0.330. The van der Waals surface area contributed by atoms with Gasteiger partial charge in [0.2, 0.25) is 21.9 Å². The molecule has 0 aliphatic carbocycles. The van der Waals surface area contributed by atoms with Gasteiger partial charge in [-0.25, -0.2) is 28.2 Å². The monoisotopic (exact) mass is 574 g/mol. The standard InChI is InChI=1S/C29H30N6O5S/c1-19-10-11-21-22(7-2-9-25(21)35-16-5-17-41(35,38)39)26(19)40-27-23(8-3-13-30-27)24-12-14-31-28(33-24)32-20-6-4-15-34(18-20)29(36)37/h2-3,7-14,20H,4-6,15-18H2,1H3,(H,36,37)(H,31,32,33). The summed E-state index contributed by atoms with van der Waals surface area (Å²) in [4.78, 5) is 26.4. The normalized spacial score (nSPS) is 18.4. The lowest BCUT2D eigenvalue weighted by Gasteiger charge is -2.31. The molecule has 11 nitrogen and oxygen atoms in total. The molecule has 2 fully saturated rings. The van der Waals surface area contributed by atoms with Gasteiger partial charge >= 0.3 is 6.09 Å². The van der Waals surface area contributed by atoms with Crippen molar-refractivity contribution in [2.24, 2.45) is 0 Å². The first-order chi connectivity index (χ1) is 19.8. The summed E-state index contributed by atoms with van der Waals surface area (Å²) in [5.74, 6) is 1.47. The number of carboxylic acid groups (broad SMARTS) is 1. The number of fused-ring (bicyclic) bond motifs is 1. The number of aromatic nitrogens is 3. The van der Waals surface area contributed by atoms with E-state index >= 15 is 0 Å². The maximum absolute atomic E-state index is 12.7. The van der Waals surface area contributed by atoms with Crippen LogP contribution < -0.4 is 14.4 Å². The third-order valence-electron chi connectivity index (χ3n) is 7.48. The molecule has 0 saturated carbocycles. The summed E-state index contributed by atoms with van der Waals surface area (Å²) < 4.78 is 33.3. The Hall–Kier alpha value is -4.45. The van der Waals surface area contributed by atoms with Gasteiger partial charge in [0, 0.05) is 48.8 Å². The van der Waals surface area contributed by atoms with Crippen LogP contribution in [0.3, 0.4) is 0 Å². The zero-order valence-electron chi connectivity index (χ0n) is 22.5. The number of hydrogen-bond donors (Lipinski definition) is 2. The minimum Gasteiger partial charge on any atom is -0.465 e. The Balaban J connectivity index is 1.32. The van der Waals surface area contributed by atoms with Crippen LogP contribution in [0, 0.1) is 6.92 Å². The number of nitrogens with one attached hydrogen (secondary N) is 1. The van der Waals surface area contributed by atoms with Crippen molar-refractivity contribution < 1.29 is 23.1 Å². The van der Waals surface area contributed by atoms with E-state index < -0.39 is 16.1 Å². The lowest BCUT2D eigenvalue weighted by atomic mass is 10.0. The van der Waals surface area contributed by atoms with Crippen molar-refractivity contribution in [2.45, 2.75) is 32.2 Å². The molecule has 1 unspecified atom stereocenters. The molecule has 2 saturated heterocycles. The SMILES string of the molecule is Cc1ccc2c(N3CCCS3(=O)=O)cccc2c1Oc1ncccc1-c1ccnc(NC2CCCN(C(=O)O)C2)n1. The summed E-state index contributed by atoms with van der Waals surface area (Å²) >= 11 is 0. The summed E-state index contributed by atoms with van der Waals surface area (Å²) in [7, 11) is -3.35. The molecule has 1 amide bonds. The highest BCUT2D eigenvalue weighted by Crippen LogP contribution is 2.40. The van der Waals surface area contributed by atoms with Crippen LogP contribution >= 0.6 is 0 Å². The average Bonchev–Trinajstić information content (AvgIpc) is 3.33. The van der Waals surface area contributed by atoms with Gasteiger partial charge in [0.1, 0.15) is 5.75 Å². The lowest BCUT2D eigenvalue weighted by molar-refractivity contribution is 0.132. The van der Waals surface area contributed by atoms with Gasteiger partial charge in [-0.05, 0) is 56.0 Å². The topological polar surface area (TPSA) is 138 Å². The molecule has 2 aromatic carbocycles. The summed E-state index contributed by atoms with van der Waals surface area (Å²) in [6.07, 6.45) is 4.54. The Morgan fingerprint density at radius 2 is 1.90 bits per heavy atom. The third-order valence-corrected chi connectivity index (χ3v) is 9.34. The number of piperidine rings is 1. The number of aryl methyl sites for hydroxylation is 1. The fourth-order valence-electron chi connectivity index (χ4n) is 5.48. The highest BCUT2D eigenvalue weighted by atomic mass is 32.2. The van der Waals surface area contributed by atoms with E-state index in [1.54, 1.807) is 24.5 Å². The van der Waals surface area contributed by atoms with Crippen LogP contribution in [0.25, 0.3) is 22.0 Å². The smallest absolute Gasteiger partial charge is 0.407 e. The number of hydrogen-bond acceptors (Lipinski definition) is 8. The molecule has 6 rings (SSSR count). The van der Waals surface area contributed by atoms with E-state index in [2.05, 4.69) is 15.3 Å². The van der Waals surface area contributed by atoms with Crippen molar-refractivity contribution in [2.75, 3.05) is 35.0 Å².